The van der Waals surface area contributed by atoms with Gasteiger partial charge in [-0.05, 0) is 124 Å². The van der Waals surface area contributed by atoms with E-state index < -0.39 is 37.0 Å². The fraction of sp³-hybridized carbons (Fsp3) is 0.520. The lowest BCUT2D eigenvalue weighted by Crippen LogP contribution is -2.54. The molecule has 2 atom stereocenters. The number of hydrogen-bond acceptors (Lipinski definition) is 5. The summed E-state index contributed by atoms with van der Waals surface area (Å²) in [6.45, 7) is 57.6. The van der Waals surface area contributed by atoms with Crippen molar-refractivity contribution < 1.29 is 28.0 Å². The maximum Gasteiger partial charge on any atom is 0.474 e. The Morgan fingerprint density at radius 3 is 0.671 bits per heavy atom. The van der Waals surface area contributed by atoms with Crippen LogP contribution in [0.3, 0.4) is 0 Å². The predicted molar refractivity (Wildman–Crippen MR) is 342 cm³/mol. The molecule has 0 aromatic heterocycles. The molecule has 8 rings (SSSR count). The van der Waals surface area contributed by atoms with Gasteiger partial charge in [0.15, 0.2) is 11.2 Å². The number of fused-ring (bicyclic) bond motifs is 1. The molecule has 2 fully saturated rings. The van der Waals surface area contributed by atoms with Gasteiger partial charge >= 0.3 is 7.82 Å². The van der Waals surface area contributed by atoms with Crippen molar-refractivity contribution in [1.29, 1.82) is 0 Å². The summed E-state index contributed by atoms with van der Waals surface area (Å²) < 4.78 is 49.3. The molecule has 0 unspecified atom stereocenters. The number of hydrogen-bond donors (Lipinski definition) is 1. The smallest absolute Gasteiger partial charge is 0.332 e. The SMILES string of the molecule is Cc1ccc(C2(c3ccc(C)cc3)O[C@@H]3[C@@H](O2)C(c2cc(C(C)(C)C)cc(C(C)(C)C)c2)(c2cc(C(C)(C)C)cc(C(C)(C)C)c2)OP(=O)(O)OC3(c2cc(C(C)(C)C)cc(C(C)(C)C)c2)c2cc(C(C)(C)C)cc(C(C)(C)C)c2)cc1. The van der Waals surface area contributed by atoms with Crippen LogP contribution in [0.15, 0.2) is 121 Å². The molecule has 82 heavy (non-hydrogen) atoms. The molecule has 0 spiro atoms. The summed E-state index contributed by atoms with van der Waals surface area (Å²) in [6, 6.07) is 43.7. The molecular formula is C75H101O6P. The number of ether oxygens (including phenoxy) is 2. The summed E-state index contributed by atoms with van der Waals surface area (Å²) in [5.74, 6) is -1.65. The van der Waals surface area contributed by atoms with Gasteiger partial charge < -0.3 is 14.4 Å². The minimum atomic E-state index is -5.39. The van der Waals surface area contributed by atoms with Gasteiger partial charge in [-0.15, -0.1) is 0 Å². The van der Waals surface area contributed by atoms with Crippen LogP contribution in [0.25, 0.3) is 0 Å². The van der Waals surface area contributed by atoms with Crippen molar-refractivity contribution in [3.8, 4) is 0 Å². The van der Waals surface area contributed by atoms with Gasteiger partial charge in [-0.1, -0.05) is 299 Å². The van der Waals surface area contributed by atoms with Crippen LogP contribution in [0.2, 0.25) is 0 Å². The number of benzene rings is 6. The highest BCUT2D eigenvalue weighted by Gasteiger charge is 2.71. The average molecular weight is 1130 g/mol. The molecule has 2 heterocycles. The Balaban J connectivity index is 1.75. The molecule has 0 radical (unpaired) electrons. The van der Waals surface area contributed by atoms with Crippen molar-refractivity contribution in [2.24, 2.45) is 0 Å². The van der Waals surface area contributed by atoms with Gasteiger partial charge in [-0.2, -0.15) is 0 Å². The van der Waals surface area contributed by atoms with Gasteiger partial charge in [0, 0.05) is 11.1 Å². The Morgan fingerprint density at radius 1 is 0.317 bits per heavy atom. The minimum Gasteiger partial charge on any atom is -0.332 e. The first-order valence-corrected chi connectivity index (χ1v) is 31.5. The minimum absolute atomic E-state index is 0.373. The van der Waals surface area contributed by atoms with Crippen LogP contribution in [0.4, 0.5) is 0 Å². The topological polar surface area (TPSA) is 74.2 Å². The normalized spacial score (nSPS) is 19.6. The molecule has 1 N–H and O–H groups in total. The van der Waals surface area contributed by atoms with Gasteiger partial charge in [0.1, 0.15) is 12.2 Å². The predicted octanol–water partition coefficient (Wildman–Crippen LogP) is 19.7. The van der Waals surface area contributed by atoms with Crippen LogP contribution in [0, 0.1) is 13.8 Å². The average Bonchev–Trinajstić information content (AvgIpc) is 1.98. The van der Waals surface area contributed by atoms with Gasteiger partial charge in [0.25, 0.3) is 0 Å². The van der Waals surface area contributed by atoms with Crippen molar-refractivity contribution in [2.45, 2.75) is 253 Å². The highest BCUT2D eigenvalue weighted by molar-refractivity contribution is 7.47. The van der Waals surface area contributed by atoms with E-state index in [1.807, 2.05) is 0 Å². The summed E-state index contributed by atoms with van der Waals surface area (Å²) in [6.07, 6.45) is -2.48. The van der Waals surface area contributed by atoms with Gasteiger partial charge in [-0.3, -0.25) is 9.05 Å². The van der Waals surface area contributed by atoms with Crippen LogP contribution < -0.4 is 0 Å². The lowest BCUT2D eigenvalue weighted by atomic mass is 9.67. The Bertz CT molecular complexity index is 2890. The zero-order chi connectivity index (χ0) is 61.4. The molecule has 442 valence electrons. The maximum absolute atomic E-state index is 17.0. The zero-order valence-electron chi connectivity index (χ0n) is 55.1. The highest BCUT2D eigenvalue weighted by atomic mass is 31.2. The fourth-order valence-corrected chi connectivity index (χ4v) is 13.0. The van der Waals surface area contributed by atoms with Crippen LogP contribution in [0.1, 0.15) is 255 Å². The van der Waals surface area contributed by atoms with E-state index in [2.05, 4.69) is 301 Å². The molecule has 2 aliphatic heterocycles. The third-order valence-corrected chi connectivity index (χ3v) is 18.5. The molecule has 6 aromatic carbocycles. The number of phosphoric ester groups is 1. The second-order valence-electron chi connectivity index (χ2n) is 32.7. The largest absolute Gasteiger partial charge is 0.474 e. The molecule has 7 heteroatoms. The lowest BCUT2D eigenvalue weighted by molar-refractivity contribution is -0.182. The quantitative estimate of drug-likeness (QED) is 0.168. The summed E-state index contributed by atoms with van der Waals surface area (Å²) in [7, 11) is -5.39. The maximum atomic E-state index is 17.0. The Hall–Kier alpha value is -4.65. The van der Waals surface area contributed by atoms with E-state index in [4.69, 9.17) is 18.5 Å². The van der Waals surface area contributed by atoms with Crippen molar-refractivity contribution in [3.05, 3.63) is 210 Å². The lowest BCUT2D eigenvalue weighted by Gasteiger charge is -2.43. The molecular weight excluding hydrogens is 1030 g/mol. The van der Waals surface area contributed by atoms with Crippen LogP contribution >= 0.6 is 7.82 Å². The van der Waals surface area contributed by atoms with E-state index in [1.54, 1.807) is 0 Å². The van der Waals surface area contributed by atoms with E-state index in [9.17, 15) is 4.89 Å². The van der Waals surface area contributed by atoms with E-state index in [-0.39, 0.29) is 43.3 Å². The van der Waals surface area contributed by atoms with Gasteiger partial charge in [0.05, 0.1) is 0 Å². The van der Waals surface area contributed by atoms with Gasteiger partial charge in [0.2, 0.25) is 5.79 Å². The molecule has 2 aliphatic rings. The summed E-state index contributed by atoms with van der Waals surface area (Å²) in [5, 5.41) is 0. The van der Waals surface area contributed by atoms with E-state index in [1.165, 1.54) is 0 Å². The molecule has 0 bridgehead atoms. The van der Waals surface area contributed by atoms with Crippen molar-refractivity contribution >= 4 is 7.82 Å². The number of rotatable bonds is 6. The molecule has 0 saturated carbocycles. The van der Waals surface area contributed by atoms with Crippen molar-refractivity contribution in [2.75, 3.05) is 0 Å². The molecule has 0 aliphatic carbocycles. The molecule has 6 nitrogen and oxygen atoms in total. The standard InChI is InChI=1S/C75H101O6P/c1-47-27-31-49(32-28-47)75(50-33-29-48(2)30-34-50)78-63-64(79-75)74(61-43-55(69(15,16)17)37-56(44-61)70(18,19)20,62-45-57(71(21,22)23)38-58(46-62)72(24,25)26)81-82(76,77)80-73(63,59-39-51(65(3,4)5)35-52(40-59)66(6,7)8)60-41-53(67(9,10)11)36-54(42-60)68(12,13)14/h27-46,63-64H,1-26H3,(H,76,77)/t63-,64-/m1/s1. The van der Waals surface area contributed by atoms with Crippen molar-refractivity contribution in [3.63, 3.8) is 0 Å². The van der Waals surface area contributed by atoms with Gasteiger partial charge in [-0.25, -0.2) is 4.57 Å². The second kappa shape index (κ2) is 20.5. The fourth-order valence-electron chi connectivity index (χ4n) is 11.6. The third kappa shape index (κ3) is 12.1. The number of phosphoric acid groups is 1. The second-order valence-corrected chi connectivity index (χ2v) is 34.0. The first-order chi connectivity index (χ1) is 37.1. The van der Waals surface area contributed by atoms with Crippen LogP contribution in [0.5, 0.6) is 0 Å². The van der Waals surface area contributed by atoms with Crippen LogP contribution in [-0.4, -0.2) is 17.1 Å². The molecule has 2 saturated heterocycles. The monoisotopic (exact) mass is 1130 g/mol. The van der Waals surface area contributed by atoms with E-state index >= 15 is 4.57 Å². The summed E-state index contributed by atoms with van der Waals surface area (Å²) in [4.78, 5) is 13.9. The Labute approximate surface area is 496 Å². The van der Waals surface area contributed by atoms with Crippen LogP contribution in [-0.2, 0) is 83.4 Å². The number of aryl methyl sites for hydroxylation is 2. The van der Waals surface area contributed by atoms with E-state index in [0.29, 0.717) is 22.3 Å². The summed E-state index contributed by atoms with van der Waals surface area (Å²) >= 11 is 0. The Morgan fingerprint density at radius 2 is 0.500 bits per heavy atom. The molecule has 0 amide bonds. The summed E-state index contributed by atoms with van der Waals surface area (Å²) in [5.41, 5.74) is 7.89. The highest BCUT2D eigenvalue weighted by Crippen LogP contribution is 2.69. The van der Waals surface area contributed by atoms with Crippen molar-refractivity contribution in [1.82, 2.24) is 0 Å². The molecule has 6 aromatic rings. The Kier molecular flexibility index (Phi) is 15.9. The zero-order valence-corrected chi connectivity index (χ0v) is 56.0. The first-order valence-electron chi connectivity index (χ1n) is 30.0. The third-order valence-electron chi connectivity index (χ3n) is 17.4. The van der Waals surface area contributed by atoms with E-state index in [0.717, 1.165) is 66.8 Å². The first kappa shape index (κ1) is 63.4.